The van der Waals surface area contributed by atoms with Crippen LogP contribution in [-0.2, 0) is 15.1 Å². The van der Waals surface area contributed by atoms with E-state index in [9.17, 15) is 14.0 Å². The van der Waals surface area contributed by atoms with Gasteiger partial charge in [0.2, 0.25) is 5.91 Å². The number of thioether (sulfide) groups is 1. The molecular formula is C21H21BrFNO3S. The van der Waals surface area contributed by atoms with Gasteiger partial charge in [-0.1, -0.05) is 34.1 Å². The Morgan fingerprint density at radius 3 is 2.61 bits per heavy atom. The number of ketones is 1. The van der Waals surface area contributed by atoms with Crippen LogP contribution in [0.4, 0.5) is 4.39 Å². The van der Waals surface area contributed by atoms with Gasteiger partial charge in [-0.3, -0.25) is 9.59 Å². The summed E-state index contributed by atoms with van der Waals surface area (Å²) in [5.74, 6) is -0.753. The third-order valence-electron chi connectivity index (χ3n) is 4.80. The van der Waals surface area contributed by atoms with E-state index in [0.29, 0.717) is 36.5 Å². The average Bonchev–Trinajstić information content (AvgIpc) is 2.67. The van der Waals surface area contributed by atoms with Crippen LogP contribution >= 0.6 is 27.7 Å². The number of hydrogen-bond donors (Lipinski definition) is 1. The zero-order valence-electron chi connectivity index (χ0n) is 15.5. The number of nitrogens with one attached hydrogen (secondary N) is 1. The van der Waals surface area contributed by atoms with E-state index in [0.717, 1.165) is 21.8 Å². The lowest BCUT2D eigenvalue weighted by Crippen LogP contribution is -2.50. The Hall–Kier alpha value is -1.70. The minimum absolute atomic E-state index is 0.0902. The summed E-state index contributed by atoms with van der Waals surface area (Å²) < 4.78 is 20.6. The SMILES string of the molecule is CC(=O)c1ccc(SCC(=O)NC2(c3cccc(Br)c3)CCOCC2)c(F)c1. The van der Waals surface area contributed by atoms with E-state index >= 15 is 0 Å². The predicted molar refractivity (Wildman–Crippen MR) is 111 cm³/mol. The molecule has 2 aromatic carbocycles. The van der Waals surface area contributed by atoms with Gasteiger partial charge in [-0.05, 0) is 49.6 Å². The van der Waals surface area contributed by atoms with Crippen LogP contribution in [0.25, 0.3) is 0 Å². The van der Waals surface area contributed by atoms with Crippen molar-refractivity contribution in [3.05, 3.63) is 63.9 Å². The van der Waals surface area contributed by atoms with Gasteiger partial charge in [0.05, 0.1) is 11.3 Å². The molecule has 0 aliphatic carbocycles. The van der Waals surface area contributed by atoms with E-state index in [1.807, 2.05) is 24.3 Å². The Kier molecular flexibility index (Phi) is 6.91. The molecule has 0 radical (unpaired) electrons. The van der Waals surface area contributed by atoms with Crippen molar-refractivity contribution in [2.24, 2.45) is 0 Å². The number of Topliss-reactive ketones (excluding diaryl/α,β-unsaturated/α-hetero) is 1. The zero-order chi connectivity index (χ0) is 20.1. The maximum atomic E-state index is 14.2. The van der Waals surface area contributed by atoms with Crippen LogP contribution in [0.3, 0.4) is 0 Å². The first-order chi connectivity index (χ1) is 13.4. The second-order valence-corrected chi connectivity index (χ2v) is 8.68. The molecule has 0 spiro atoms. The zero-order valence-corrected chi connectivity index (χ0v) is 17.9. The molecule has 3 rings (SSSR count). The van der Waals surface area contributed by atoms with Crippen molar-refractivity contribution in [1.29, 1.82) is 0 Å². The number of carbonyl (C=O) groups excluding carboxylic acids is 2. The molecule has 0 aromatic heterocycles. The summed E-state index contributed by atoms with van der Waals surface area (Å²) in [5, 5.41) is 3.16. The Balaban J connectivity index is 1.70. The summed E-state index contributed by atoms with van der Waals surface area (Å²) in [6, 6.07) is 12.2. The summed E-state index contributed by atoms with van der Waals surface area (Å²) in [7, 11) is 0. The number of amides is 1. The fourth-order valence-electron chi connectivity index (χ4n) is 3.28. The van der Waals surface area contributed by atoms with Gasteiger partial charge < -0.3 is 10.1 Å². The lowest BCUT2D eigenvalue weighted by molar-refractivity contribution is -0.121. The van der Waals surface area contributed by atoms with E-state index in [4.69, 9.17) is 4.74 Å². The summed E-state index contributed by atoms with van der Waals surface area (Å²) in [6.45, 7) is 2.53. The van der Waals surface area contributed by atoms with Crippen molar-refractivity contribution in [1.82, 2.24) is 5.32 Å². The van der Waals surface area contributed by atoms with Crippen molar-refractivity contribution < 1.29 is 18.7 Å². The smallest absolute Gasteiger partial charge is 0.231 e. The monoisotopic (exact) mass is 465 g/mol. The van der Waals surface area contributed by atoms with E-state index in [1.54, 1.807) is 12.1 Å². The van der Waals surface area contributed by atoms with Crippen LogP contribution < -0.4 is 5.32 Å². The van der Waals surface area contributed by atoms with Gasteiger partial charge in [0, 0.05) is 28.1 Å². The van der Waals surface area contributed by atoms with Gasteiger partial charge in [0.15, 0.2) is 5.78 Å². The van der Waals surface area contributed by atoms with Crippen LogP contribution in [0.2, 0.25) is 0 Å². The number of hydrogen-bond acceptors (Lipinski definition) is 4. The molecule has 1 aliphatic rings. The molecule has 1 fully saturated rings. The summed E-state index contributed by atoms with van der Waals surface area (Å²) in [6.07, 6.45) is 1.36. The molecule has 4 nitrogen and oxygen atoms in total. The van der Waals surface area contributed by atoms with Gasteiger partial charge in [-0.2, -0.15) is 0 Å². The first-order valence-corrected chi connectivity index (χ1v) is 10.8. The maximum absolute atomic E-state index is 14.2. The number of benzene rings is 2. The quantitative estimate of drug-likeness (QED) is 0.495. The van der Waals surface area contributed by atoms with Crippen molar-refractivity contribution in [3.63, 3.8) is 0 Å². The van der Waals surface area contributed by atoms with Gasteiger partial charge in [0.25, 0.3) is 0 Å². The number of rotatable bonds is 6. The molecule has 0 bridgehead atoms. The summed E-state index contributed by atoms with van der Waals surface area (Å²) in [4.78, 5) is 24.4. The molecule has 0 atom stereocenters. The fraction of sp³-hybridized carbons (Fsp3) is 0.333. The van der Waals surface area contributed by atoms with Crippen molar-refractivity contribution in [3.8, 4) is 0 Å². The highest BCUT2D eigenvalue weighted by Gasteiger charge is 2.36. The third kappa shape index (κ3) is 5.01. The predicted octanol–water partition coefficient (Wildman–Crippen LogP) is 4.71. The van der Waals surface area contributed by atoms with Crippen LogP contribution in [0.15, 0.2) is 51.8 Å². The number of ether oxygens (including phenoxy) is 1. The lowest BCUT2D eigenvalue weighted by atomic mass is 9.82. The average molecular weight is 466 g/mol. The standard InChI is InChI=1S/C21H21BrFNO3S/c1-14(25)15-5-6-19(18(23)11-15)28-13-20(26)24-21(7-9-27-10-8-21)16-3-2-4-17(22)12-16/h2-6,11-12H,7-10,13H2,1H3,(H,24,26). The Labute approximate surface area is 176 Å². The molecule has 1 heterocycles. The second-order valence-electron chi connectivity index (χ2n) is 6.74. The molecule has 1 N–H and O–H groups in total. The highest BCUT2D eigenvalue weighted by Crippen LogP contribution is 2.34. The minimum Gasteiger partial charge on any atom is -0.381 e. The fourth-order valence-corrected chi connectivity index (χ4v) is 4.39. The highest BCUT2D eigenvalue weighted by molar-refractivity contribution is 9.10. The first-order valence-electron chi connectivity index (χ1n) is 8.98. The maximum Gasteiger partial charge on any atom is 0.231 e. The molecule has 148 valence electrons. The molecule has 0 unspecified atom stereocenters. The van der Waals surface area contributed by atoms with Crippen molar-refractivity contribution in [2.45, 2.75) is 30.2 Å². The topological polar surface area (TPSA) is 55.4 Å². The van der Waals surface area contributed by atoms with E-state index in [1.165, 1.54) is 13.0 Å². The van der Waals surface area contributed by atoms with Crippen molar-refractivity contribution in [2.75, 3.05) is 19.0 Å². The minimum atomic E-state index is -0.489. The van der Waals surface area contributed by atoms with Crippen LogP contribution in [0.5, 0.6) is 0 Å². The molecule has 1 saturated heterocycles. The van der Waals surface area contributed by atoms with Crippen LogP contribution in [0.1, 0.15) is 35.7 Å². The molecule has 28 heavy (non-hydrogen) atoms. The largest absolute Gasteiger partial charge is 0.381 e. The summed E-state index contributed by atoms with van der Waals surface area (Å²) in [5.41, 5.74) is 0.860. The molecule has 1 aliphatic heterocycles. The van der Waals surface area contributed by atoms with Crippen molar-refractivity contribution >= 4 is 39.4 Å². The second kappa shape index (κ2) is 9.20. The molecule has 2 aromatic rings. The van der Waals surface area contributed by atoms with E-state index in [2.05, 4.69) is 21.2 Å². The summed E-state index contributed by atoms with van der Waals surface area (Å²) >= 11 is 4.61. The third-order valence-corrected chi connectivity index (χ3v) is 6.34. The number of carbonyl (C=O) groups is 2. The van der Waals surface area contributed by atoms with Gasteiger partial charge >= 0.3 is 0 Å². The molecule has 7 heteroatoms. The van der Waals surface area contributed by atoms with Crippen LogP contribution in [0, 0.1) is 5.82 Å². The first kappa shape index (κ1) is 21.0. The van der Waals surface area contributed by atoms with E-state index in [-0.39, 0.29) is 17.4 Å². The van der Waals surface area contributed by atoms with Crippen LogP contribution in [-0.4, -0.2) is 30.7 Å². The Morgan fingerprint density at radius 1 is 1.21 bits per heavy atom. The molecule has 1 amide bonds. The normalized spacial score (nSPS) is 15.8. The molecule has 0 saturated carbocycles. The van der Waals surface area contributed by atoms with Gasteiger partial charge in [-0.15, -0.1) is 11.8 Å². The highest BCUT2D eigenvalue weighted by atomic mass is 79.9. The van der Waals surface area contributed by atoms with Gasteiger partial charge in [-0.25, -0.2) is 4.39 Å². The number of halogens is 2. The Bertz CT molecular complexity index is 884. The van der Waals surface area contributed by atoms with E-state index < -0.39 is 11.4 Å². The Morgan fingerprint density at radius 2 is 1.96 bits per heavy atom. The lowest BCUT2D eigenvalue weighted by Gasteiger charge is -2.38. The van der Waals surface area contributed by atoms with Gasteiger partial charge in [0.1, 0.15) is 5.82 Å². The molecular weight excluding hydrogens is 445 g/mol.